The predicted octanol–water partition coefficient (Wildman–Crippen LogP) is 1.71. The van der Waals surface area contributed by atoms with E-state index in [2.05, 4.69) is 5.32 Å². The molecular weight excluding hydrogens is 298 g/mol. The minimum absolute atomic E-state index is 0.127. The molecule has 2 N–H and O–H groups in total. The molecule has 1 amide bonds. The molecule has 0 heterocycles. The average molecular weight is 316 g/mol. The largest absolute Gasteiger partial charge is 0.480 e. The van der Waals surface area contributed by atoms with Crippen molar-refractivity contribution in [3.05, 3.63) is 29.3 Å². The molecule has 21 heavy (non-hydrogen) atoms. The average Bonchev–Trinajstić information content (AvgIpc) is 2.40. The Balaban J connectivity index is 2.74. The van der Waals surface area contributed by atoms with Crippen LogP contribution in [0.25, 0.3) is 0 Å². The third-order valence-electron chi connectivity index (χ3n) is 2.67. The van der Waals surface area contributed by atoms with Crippen molar-refractivity contribution >= 4 is 23.5 Å². The molecular formula is C14H18ClNO5. The fourth-order valence-electron chi connectivity index (χ4n) is 1.52. The Morgan fingerprint density at radius 2 is 1.90 bits per heavy atom. The van der Waals surface area contributed by atoms with Gasteiger partial charge in [-0.2, -0.15) is 0 Å². The van der Waals surface area contributed by atoms with Crippen LogP contribution in [-0.4, -0.2) is 42.3 Å². The van der Waals surface area contributed by atoms with Gasteiger partial charge in [-0.1, -0.05) is 11.6 Å². The highest BCUT2D eigenvalue weighted by Gasteiger charge is 2.33. The molecule has 0 fully saturated rings. The molecule has 1 aromatic rings. The highest BCUT2D eigenvalue weighted by molar-refractivity contribution is 6.30. The number of carboxylic acid groups (broad SMARTS) is 1. The topological polar surface area (TPSA) is 84.9 Å². The van der Waals surface area contributed by atoms with Crippen molar-refractivity contribution in [2.45, 2.75) is 25.5 Å². The Morgan fingerprint density at radius 3 is 2.38 bits per heavy atom. The normalized spacial score (nSPS) is 12.6. The van der Waals surface area contributed by atoms with Crippen molar-refractivity contribution in [1.82, 2.24) is 5.32 Å². The van der Waals surface area contributed by atoms with Gasteiger partial charge in [0.05, 0.1) is 6.61 Å². The van der Waals surface area contributed by atoms with Gasteiger partial charge in [-0.25, -0.2) is 4.79 Å². The second-order valence-corrected chi connectivity index (χ2v) is 5.32. The van der Waals surface area contributed by atoms with Crippen molar-refractivity contribution in [2.24, 2.45) is 0 Å². The van der Waals surface area contributed by atoms with Gasteiger partial charge in [0.2, 0.25) is 0 Å². The first kappa shape index (κ1) is 17.3. The minimum atomic E-state index is -1.24. The first-order valence-electron chi connectivity index (χ1n) is 6.23. The van der Waals surface area contributed by atoms with Gasteiger partial charge in [-0.15, -0.1) is 0 Å². The quantitative estimate of drug-likeness (QED) is 0.800. The highest BCUT2D eigenvalue weighted by atomic mass is 35.5. The monoisotopic (exact) mass is 315 g/mol. The summed E-state index contributed by atoms with van der Waals surface area (Å²) < 4.78 is 10.3. The highest BCUT2D eigenvalue weighted by Crippen LogP contribution is 2.21. The van der Waals surface area contributed by atoms with E-state index in [0.717, 1.165) is 0 Å². The Morgan fingerprint density at radius 1 is 1.33 bits per heavy atom. The van der Waals surface area contributed by atoms with E-state index in [9.17, 15) is 9.59 Å². The third kappa shape index (κ3) is 5.24. The lowest BCUT2D eigenvalue weighted by molar-refractivity contribution is -0.146. The Bertz CT molecular complexity index is 501. The van der Waals surface area contributed by atoms with E-state index >= 15 is 0 Å². The Hall–Kier alpha value is -1.79. The number of halogens is 1. The fourth-order valence-corrected chi connectivity index (χ4v) is 1.64. The number of hydrogen-bond donors (Lipinski definition) is 2. The van der Waals surface area contributed by atoms with Crippen molar-refractivity contribution in [1.29, 1.82) is 0 Å². The SMILES string of the molecule is COCC(NC(=O)C(C)(C)Oc1ccc(Cl)cc1)C(=O)O. The van der Waals surface area contributed by atoms with Gasteiger partial charge in [0, 0.05) is 12.1 Å². The minimum Gasteiger partial charge on any atom is -0.480 e. The van der Waals surface area contributed by atoms with Crippen LogP contribution in [0.4, 0.5) is 0 Å². The molecule has 6 nitrogen and oxygen atoms in total. The molecule has 0 aliphatic rings. The van der Waals surface area contributed by atoms with Crippen molar-refractivity contribution < 1.29 is 24.2 Å². The molecule has 0 saturated heterocycles. The zero-order valence-corrected chi connectivity index (χ0v) is 12.8. The first-order valence-corrected chi connectivity index (χ1v) is 6.61. The zero-order chi connectivity index (χ0) is 16.0. The number of nitrogens with one attached hydrogen (secondary N) is 1. The molecule has 0 aliphatic heterocycles. The summed E-state index contributed by atoms with van der Waals surface area (Å²) in [4.78, 5) is 23.1. The van der Waals surface area contributed by atoms with Gasteiger partial charge in [0.25, 0.3) is 5.91 Å². The van der Waals surface area contributed by atoms with Gasteiger partial charge >= 0.3 is 5.97 Å². The number of carboxylic acids is 1. The van der Waals surface area contributed by atoms with Gasteiger partial charge in [-0.3, -0.25) is 4.79 Å². The number of ether oxygens (including phenoxy) is 2. The second kappa shape index (κ2) is 7.28. The fraction of sp³-hybridized carbons (Fsp3) is 0.429. The molecule has 0 aliphatic carbocycles. The van der Waals surface area contributed by atoms with Crippen molar-refractivity contribution in [3.8, 4) is 5.75 Å². The number of methoxy groups -OCH3 is 1. The van der Waals surface area contributed by atoms with Crippen LogP contribution in [0, 0.1) is 0 Å². The Labute approximate surface area is 128 Å². The van der Waals surface area contributed by atoms with Crippen LogP contribution < -0.4 is 10.1 Å². The maximum Gasteiger partial charge on any atom is 0.328 e. The molecule has 0 spiro atoms. The van der Waals surface area contributed by atoms with Crippen molar-refractivity contribution in [3.63, 3.8) is 0 Å². The summed E-state index contributed by atoms with van der Waals surface area (Å²) in [6.07, 6.45) is 0. The van der Waals surface area contributed by atoms with Crippen LogP contribution in [0.2, 0.25) is 5.02 Å². The number of carbonyl (C=O) groups excluding carboxylic acids is 1. The third-order valence-corrected chi connectivity index (χ3v) is 2.92. The van der Waals surface area contributed by atoms with Crippen LogP contribution >= 0.6 is 11.6 Å². The number of benzene rings is 1. The molecule has 1 atom stereocenters. The lowest BCUT2D eigenvalue weighted by Crippen LogP contribution is -2.53. The molecule has 0 bridgehead atoms. The number of amides is 1. The van der Waals surface area contributed by atoms with Crippen molar-refractivity contribution in [2.75, 3.05) is 13.7 Å². The van der Waals surface area contributed by atoms with E-state index in [1.807, 2.05) is 0 Å². The van der Waals surface area contributed by atoms with E-state index in [1.54, 1.807) is 38.1 Å². The van der Waals surface area contributed by atoms with Gasteiger partial charge in [0.1, 0.15) is 5.75 Å². The van der Waals surface area contributed by atoms with Crippen LogP contribution in [0.3, 0.4) is 0 Å². The summed E-state index contributed by atoms with van der Waals surface area (Å²) in [6, 6.07) is 5.39. The Kier molecular flexibility index (Phi) is 5.99. The van der Waals surface area contributed by atoms with E-state index < -0.39 is 23.5 Å². The maximum absolute atomic E-state index is 12.1. The molecule has 7 heteroatoms. The van der Waals surface area contributed by atoms with E-state index in [4.69, 9.17) is 26.2 Å². The molecule has 116 valence electrons. The summed E-state index contributed by atoms with van der Waals surface area (Å²) in [5, 5.41) is 11.9. The summed E-state index contributed by atoms with van der Waals surface area (Å²) >= 11 is 5.77. The molecule has 1 aromatic carbocycles. The standard InChI is InChI=1S/C14H18ClNO5/c1-14(2,21-10-6-4-9(15)5-7-10)13(19)16-11(8-20-3)12(17)18/h4-7,11H,8H2,1-3H3,(H,16,19)(H,17,18). The molecule has 0 radical (unpaired) electrons. The second-order valence-electron chi connectivity index (χ2n) is 4.89. The lowest BCUT2D eigenvalue weighted by Gasteiger charge is -2.27. The van der Waals surface area contributed by atoms with Gasteiger partial charge < -0.3 is 19.9 Å². The van der Waals surface area contributed by atoms with Gasteiger partial charge in [0.15, 0.2) is 11.6 Å². The van der Waals surface area contributed by atoms with Crippen LogP contribution in [-0.2, 0) is 14.3 Å². The predicted molar refractivity (Wildman–Crippen MR) is 77.6 cm³/mol. The molecule has 1 rings (SSSR count). The zero-order valence-electron chi connectivity index (χ0n) is 12.1. The summed E-state index contributed by atoms with van der Waals surface area (Å²) in [5.74, 6) is -1.27. The number of rotatable bonds is 7. The summed E-state index contributed by atoms with van der Waals surface area (Å²) in [6.45, 7) is 2.96. The summed E-state index contributed by atoms with van der Waals surface area (Å²) in [7, 11) is 1.36. The number of aliphatic carboxylic acids is 1. The lowest BCUT2D eigenvalue weighted by atomic mass is 10.1. The van der Waals surface area contributed by atoms with Gasteiger partial charge in [-0.05, 0) is 38.1 Å². The van der Waals surface area contributed by atoms with E-state index in [-0.39, 0.29) is 6.61 Å². The van der Waals surface area contributed by atoms with Crippen LogP contribution in [0.15, 0.2) is 24.3 Å². The smallest absolute Gasteiger partial charge is 0.328 e. The number of hydrogen-bond acceptors (Lipinski definition) is 4. The van der Waals surface area contributed by atoms with Crippen LogP contribution in [0.5, 0.6) is 5.75 Å². The van der Waals surface area contributed by atoms with E-state index in [0.29, 0.717) is 10.8 Å². The maximum atomic E-state index is 12.1. The van der Waals surface area contributed by atoms with E-state index in [1.165, 1.54) is 7.11 Å². The summed E-state index contributed by atoms with van der Waals surface area (Å²) in [5.41, 5.74) is -1.24. The number of carbonyl (C=O) groups is 2. The first-order chi connectivity index (χ1) is 9.76. The molecule has 1 unspecified atom stereocenters. The molecule has 0 saturated carbocycles. The molecule has 0 aromatic heterocycles. The van der Waals surface area contributed by atoms with Crippen LogP contribution in [0.1, 0.15) is 13.8 Å².